The molecular weight excluding hydrogens is 388 g/mol. The van der Waals surface area contributed by atoms with Gasteiger partial charge >= 0.3 is 0 Å². The van der Waals surface area contributed by atoms with Crippen LogP contribution in [0.1, 0.15) is 38.8 Å². The Morgan fingerprint density at radius 3 is 0.688 bits per heavy atom. The SMILES string of the molecule is CC.CC.CN.CN.Cc1ccccc1.Cc1ccccc1.c1ccc2ccccc2c1. The zero-order valence-corrected chi connectivity index (χ0v) is 21.5. The highest BCUT2D eigenvalue weighted by Crippen LogP contribution is 2.11. The van der Waals surface area contributed by atoms with E-state index in [1.807, 2.05) is 64.1 Å². The molecule has 0 bridgehead atoms. The molecule has 0 aliphatic rings. The second-order valence-corrected chi connectivity index (χ2v) is 5.66. The largest absolute Gasteiger partial charge is 0.333 e. The van der Waals surface area contributed by atoms with E-state index < -0.39 is 0 Å². The maximum absolute atomic E-state index is 4.50. The predicted octanol–water partition coefficient (Wildman–Crippen LogP) is 8.03. The van der Waals surface area contributed by atoms with Crippen LogP contribution in [0.5, 0.6) is 0 Å². The summed E-state index contributed by atoms with van der Waals surface area (Å²) in [5, 5.41) is 2.62. The van der Waals surface area contributed by atoms with Crippen LogP contribution in [0.15, 0.2) is 109 Å². The monoisotopic (exact) mass is 434 g/mol. The predicted molar refractivity (Wildman–Crippen MR) is 149 cm³/mol. The summed E-state index contributed by atoms with van der Waals surface area (Å²) in [6.45, 7) is 12.2. The average molecular weight is 435 g/mol. The van der Waals surface area contributed by atoms with Gasteiger partial charge in [0.1, 0.15) is 0 Å². The fourth-order valence-corrected chi connectivity index (χ4v) is 2.20. The molecule has 4 rings (SSSR count). The van der Waals surface area contributed by atoms with E-state index in [0.717, 1.165) is 0 Å². The maximum atomic E-state index is 4.50. The van der Waals surface area contributed by atoms with Crippen LogP contribution >= 0.6 is 0 Å². The van der Waals surface area contributed by atoms with Gasteiger partial charge in [0.15, 0.2) is 0 Å². The van der Waals surface area contributed by atoms with Crippen molar-refractivity contribution in [3.63, 3.8) is 0 Å². The third-order valence-corrected chi connectivity index (χ3v) is 3.54. The first-order valence-electron chi connectivity index (χ1n) is 11.4. The summed E-state index contributed by atoms with van der Waals surface area (Å²) in [5.74, 6) is 0. The Hall–Kier alpha value is -2.94. The Labute approximate surface area is 198 Å². The van der Waals surface area contributed by atoms with Crippen LogP contribution in [-0.2, 0) is 0 Å². The summed E-state index contributed by atoms with van der Waals surface area (Å²) in [6, 6.07) is 37.2. The molecule has 0 unspecified atom stereocenters. The molecule has 4 aromatic rings. The van der Waals surface area contributed by atoms with Crippen LogP contribution < -0.4 is 11.5 Å². The zero-order chi connectivity index (χ0) is 25.0. The molecule has 0 saturated carbocycles. The first-order chi connectivity index (χ1) is 15.8. The number of aryl methyl sites for hydroxylation is 2. The van der Waals surface area contributed by atoms with Gasteiger partial charge in [0.05, 0.1) is 0 Å². The summed E-state index contributed by atoms with van der Waals surface area (Å²) in [4.78, 5) is 0. The lowest BCUT2D eigenvalue weighted by molar-refractivity contribution is 1.48. The van der Waals surface area contributed by atoms with E-state index in [4.69, 9.17) is 0 Å². The van der Waals surface area contributed by atoms with Crippen molar-refractivity contribution in [1.82, 2.24) is 0 Å². The van der Waals surface area contributed by atoms with Gasteiger partial charge < -0.3 is 11.5 Å². The van der Waals surface area contributed by atoms with Gasteiger partial charge in [-0.3, -0.25) is 0 Å². The van der Waals surface area contributed by atoms with Gasteiger partial charge in [-0.2, -0.15) is 0 Å². The van der Waals surface area contributed by atoms with Gasteiger partial charge in [-0.1, -0.05) is 148 Å². The molecule has 0 radical (unpaired) electrons. The summed E-state index contributed by atoms with van der Waals surface area (Å²) in [7, 11) is 3.00. The number of hydrogen-bond donors (Lipinski definition) is 2. The van der Waals surface area contributed by atoms with Crippen molar-refractivity contribution in [2.75, 3.05) is 14.1 Å². The molecule has 0 spiro atoms. The lowest BCUT2D eigenvalue weighted by Gasteiger charge is -1.92. The van der Waals surface area contributed by atoms with Crippen molar-refractivity contribution in [2.45, 2.75) is 41.5 Å². The Morgan fingerprint density at radius 1 is 0.344 bits per heavy atom. The Balaban J connectivity index is -0.000000346. The maximum Gasteiger partial charge on any atom is -0.0184 e. The minimum absolute atomic E-state index is 1.31. The van der Waals surface area contributed by atoms with E-state index in [9.17, 15) is 0 Å². The quantitative estimate of drug-likeness (QED) is 0.294. The number of fused-ring (bicyclic) bond motifs is 1. The van der Waals surface area contributed by atoms with Gasteiger partial charge in [0.25, 0.3) is 0 Å². The Morgan fingerprint density at radius 2 is 0.531 bits per heavy atom. The minimum atomic E-state index is 1.31. The number of benzene rings is 4. The molecule has 176 valence electrons. The van der Waals surface area contributed by atoms with E-state index in [1.165, 1.54) is 36.0 Å². The van der Waals surface area contributed by atoms with Gasteiger partial charge in [0.2, 0.25) is 0 Å². The van der Waals surface area contributed by atoms with Crippen molar-refractivity contribution < 1.29 is 0 Å². The van der Waals surface area contributed by atoms with Crippen molar-refractivity contribution in [3.05, 3.63) is 120 Å². The molecular formula is C30H46N2. The van der Waals surface area contributed by atoms with Gasteiger partial charge in [-0.25, -0.2) is 0 Å². The molecule has 0 saturated heterocycles. The number of nitrogens with two attached hydrogens (primary N) is 2. The topological polar surface area (TPSA) is 52.0 Å². The van der Waals surface area contributed by atoms with Crippen molar-refractivity contribution >= 4 is 10.8 Å². The first kappa shape index (κ1) is 33.7. The van der Waals surface area contributed by atoms with Crippen molar-refractivity contribution in [2.24, 2.45) is 11.5 Å². The fourth-order valence-electron chi connectivity index (χ4n) is 2.20. The third kappa shape index (κ3) is 19.0. The van der Waals surface area contributed by atoms with Crippen LogP contribution in [0.4, 0.5) is 0 Å². The summed E-state index contributed by atoms with van der Waals surface area (Å²) in [6.07, 6.45) is 0. The Kier molecular flexibility index (Phi) is 29.5. The summed E-state index contributed by atoms with van der Waals surface area (Å²) in [5.41, 5.74) is 11.6. The molecule has 0 fully saturated rings. The van der Waals surface area contributed by atoms with E-state index in [2.05, 4.69) is 98.1 Å². The van der Waals surface area contributed by atoms with E-state index >= 15 is 0 Å². The molecule has 0 aliphatic heterocycles. The molecule has 4 N–H and O–H groups in total. The normalized spacial score (nSPS) is 7.69. The second kappa shape index (κ2) is 28.1. The highest BCUT2D eigenvalue weighted by Gasteiger charge is 1.85. The average Bonchev–Trinajstić information content (AvgIpc) is 2.91. The van der Waals surface area contributed by atoms with Gasteiger partial charge in [-0.15, -0.1) is 0 Å². The summed E-state index contributed by atoms with van der Waals surface area (Å²) < 4.78 is 0. The minimum Gasteiger partial charge on any atom is -0.333 e. The molecule has 4 aromatic carbocycles. The van der Waals surface area contributed by atoms with E-state index in [0.29, 0.717) is 0 Å². The van der Waals surface area contributed by atoms with Crippen LogP contribution in [0.3, 0.4) is 0 Å². The molecule has 0 aromatic heterocycles. The zero-order valence-electron chi connectivity index (χ0n) is 21.5. The smallest absolute Gasteiger partial charge is 0.0184 e. The highest BCUT2D eigenvalue weighted by molar-refractivity contribution is 5.81. The fraction of sp³-hybridized carbons (Fsp3) is 0.267. The number of rotatable bonds is 0. The lowest BCUT2D eigenvalue weighted by Crippen LogP contribution is -1.69. The molecule has 0 amide bonds. The molecule has 2 heteroatoms. The standard InChI is InChI=1S/C10H8.2C7H8.2C2H6.2CH5N/c1-2-6-10-8-4-3-7-9(10)5-1;2*1-7-5-3-2-4-6-7;4*1-2/h1-8H;2*2-6H,1H3;2*1-2H3;2*2H2,1H3. The molecule has 2 nitrogen and oxygen atoms in total. The highest BCUT2D eigenvalue weighted by atomic mass is 14.4. The van der Waals surface area contributed by atoms with Gasteiger partial charge in [0, 0.05) is 0 Å². The second-order valence-electron chi connectivity index (χ2n) is 5.66. The molecule has 0 atom stereocenters. The van der Waals surface area contributed by atoms with Crippen LogP contribution in [-0.4, -0.2) is 14.1 Å². The third-order valence-electron chi connectivity index (χ3n) is 3.54. The Bertz CT molecular complexity index is 725. The number of hydrogen-bond acceptors (Lipinski definition) is 2. The van der Waals surface area contributed by atoms with Crippen LogP contribution in [0.25, 0.3) is 10.8 Å². The van der Waals surface area contributed by atoms with Crippen LogP contribution in [0.2, 0.25) is 0 Å². The summed E-state index contributed by atoms with van der Waals surface area (Å²) >= 11 is 0. The van der Waals surface area contributed by atoms with E-state index in [-0.39, 0.29) is 0 Å². The van der Waals surface area contributed by atoms with Gasteiger partial charge in [-0.05, 0) is 38.7 Å². The molecule has 0 aliphatic carbocycles. The lowest BCUT2D eigenvalue weighted by atomic mass is 10.1. The van der Waals surface area contributed by atoms with E-state index in [1.54, 1.807) is 0 Å². The first-order valence-corrected chi connectivity index (χ1v) is 11.4. The molecule has 32 heavy (non-hydrogen) atoms. The van der Waals surface area contributed by atoms with Crippen LogP contribution in [0, 0.1) is 13.8 Å². The molecule has 0 heterocycles. The van der Waals surface area contributed by atoms with Crippen molar-refractivity contribution in [1.29, 1.82) is 0 Å². The van der Waals surface area contributed by atoms with Crippen molar-refractivity contribution in [3.8, 4) is 0 Å².